The number of anilines is 1. The molecule has 2 heterocycles. The molecule has 0 unspecified atom stereocenters. The average molecular weight is 417 g/mol. The Morgan fingerprint density at radius 1 is 1.14 bits per heavy atom. The first-order valence-corrected chi connectivity index (χ1v) is 11.3. The molecule has 3 aromatic rings. The lowest BCUT2D eigenvalue weighted by molar-refractivity contribution is -0.119. The van der Waals surface area contributed by atoms with Gasteiger partial charge in [-0.15, -0.1) is 11.3 Å². The van der Waals surface area contributed by atoms with Crippen LogP contribution in [0.15, 0.2) is 58.1 Å². The number of hydrogen-bond donors (Lipinski definition) is 1. The molecular formula is C20H20N2O4S2. The van der Waals surface area contributed by atoms with E-state index in [1.165, 1.54) is 15.6 Å². The quantitative estimate of drug-likeness (QED) is 0.688. The zero-order chi connectivity index (χ0) is 19.7. The Morgan fingerprint density at radius 3 is 2.64 bits per heavy atom. The summed E-state index contributed by atoms with van der Waals surface area (Å²) in [6.45, 7) is 0.349. The first-order chi connectivity index (χ1) is 13.5. The highest BCUT2D eigenvalue weighted by Crippen LogP contribution is 2.33. The largest absolute Gasteiger partial charge is 0.496 e. The smallest absolute Gasteiger partial charge is 0.253 e. The summed E-state index contributed by atoms with van der Waals surface area (Å²) in [6.07, 6.45) is 1.16. The molecule has 28 heavy (non-hydrogen) atoms. The molecule has 0 saturated carbocycles. The Balaban J connectivity index is 1.63. The number of amides is 1. The molecule has 4 rings (SSSR count). The van der Waals surface area contributed by atoms with E-state index in [4.69, 9.17) is 4.74 Å². The Labute approximate surface area is 167 Å². The van der Waals surface area contributed by atoms with Gasteiger partial charge in [0, 0.05) is 23.0 Å². The summed E-state index contributed by atoms with van der Waals surface area (Å²) in [5, 5.41) is 6.39. The van der Waals surface area contributed by atoms with Crippen LogP contribution in [0.4, 0.5) is 5.69 Å². The molecule has 8 heteroatoms. The fourth-order valence-corrected chi connectivity index (χ4v) is 6.37. The molecular weight excluding hydrogens is 396 g/mol. The summed E-state index contributed by atoms with van der Waals surface area (Å²) in [5.41, 5.74) is 0.641. The molecule has 1 amide bonds. The molecule has 0 radical (unpaired) electrons. The zero-order valence-corrected chi connectivity index (χ0v) is 16.9. The number of ether oxygens (including phenoxy) is 1. The van der Waals surface area contributed by atoms with Crippen molar-refractivity contribution in [3.63, 3.8) is 0 Å². The lowest BCUT2D eigenvalue weighted by Gasteiger charge is -2.23. The predicted octanol–water partition coefficient (Wildman–Crippen LogP) is 3.70. The molecule has 0 spiro atoms. The molecule has 1 aromatic heterocycles. The number of sulfonamides is 1. The number of carbonyl (C=O) groups is 1. The van der Waals surface area contributed by atoms with Crippen LogP contribution < -0.4 is 10.1 Å². The summed E-state index contributed by atoms with van der Waals surface area (Å²) in [6, 6.07) is 13.8. The van der Waals surface area contributed by atoms with E-state index in [1.54, 1.807) is 36.8 Å². The van der Waals surface area contributed by atoms with Crippen LogP contribution in [-0.2, 0) is 14.8 Å². The van der Waals surface area contributed by atoms with Gasteiger partial charge in [-0.25, -0.2) is 8.42 Å². The Morgan fingerprint density at radius 2 is 1.93 bits per heavy atom. The van der Waals surface area contributed by atoms with Gasteiger partial charge in [0.1, 0.15) is 16.0 Å². The third-order valence-electron chi connectivity index (χ3n) is 4.93. The molecule has 1 aliphatic rings. The minimum atomic E-state index is -3.66. The molecule has 1 N–H and O–H groups in total. The van der Waals surface area contributed by atoms with Crippen molar-refractivity contribution in [1.82, 2.24) is 4.31 Å². The van der Waals surface area contributed by atoms with Gasteiger partial charge in [-0.3, -0.25) is 4.79 Å². The van der Waals surface area contributed by atoms with E-state index in [1.807, 2.05) is 24.3 Å². The number of thiophene rings is 1. The Bertz CT molecular complexity index is 1110. The SMILES string of the molecule is COc1ccc(NC(=O)[C@H]2CCCN2S(=O)(=O)c2cccs2)c2ccccc12. The lowest BCUT2D eigenvalue weighted by Crippen LogP contribution is -2.42. The van der Waals surface area contributed by atoms with E-state index in [9.17, 15) is 13.2 Å². The number of carbonyl (C=O) groups excluding carboxylic acids is 1. The van der Waals surface area contributed by atoms with Crippen molar-refractivity contribution >= 4 is 43.7 Å². The van der Waals surface area contributed by atoms with Crippen LogP contribution >= 0.6 is 11.3 Å². The van der Waals surface area contributed by atoms with Crippen LogP contribution in [0.2, 0.25) is 0 Å². The zero-order valence-electron chi connectivity index (χ0n) is 15.3. The molecule has 1 aliphatic heterocycles. The predicted molar refractivity (Wildman–Crippen MR) is 110 cm³/mol. The minimum Gasteiger partial charge on any atom is -0.496 e. The van der Waals surface area contributed by atoms with Crippen LogP contribution in [-0.4, -0.2) is 38.3 Å². The molecule has 2 aromatic carbocycles. The van der Waals surface area contributed by atoms with Gasteiger partial charge in [-0.05, 0) is 36.4 Å². The summed E-state index contributed by atoms with van der Waals surface area (Å²) in [4.78, 5) is 13.0. The van der Waals surface area contributed by atoms with Crippen molar-refractivity contribution < 1.29 is 17.9 Å². The van der Waals surface area contributed by atoms with Gasteiger partial charge in [0.25, 0.3) is 10.0 Å². The number of nitrogens with one attached hydrogen (secondary N) is 1. The maximum absolute atomic E-state index is 13.0. The first kappa shape index (κ1) is 18.9. The van der Waals surface area contributed by atoms with Crippen molar-refractivity contribution in [3.8, 4) is 5.75 Å². The van der Waals surface area contributed by atoms with Gasteiger partial charge < -0.3 is 10.1 Å². The van der Waals surface area contributed by atoms with E-state index < -0.39 is 16.1 Å². The highest BCUT2D eigenvalue weighted by molar-refractivity contribution is 7.91. The van der Waals surface area contributed by atoms with Crippen LogP contribution in [0.3, 0.4) is 0 Å². The van der Waals surface area contributed by atoms with Crippen molar-refractivity contribution in [2.45, 2.75) is 23.1 Å². The molecule has 0 aliphatic carbocycles. The van der Waals surface area contributed by atoms with Gasteiger partial charge in [-0.2, -0.15) is 4.31 Å². The van der Waals surface area contributed by atoms with Crippen molar-refractivity contribution in [3.05, 3.63) is 53.9 Å². The molecule has 6 nitrogen and oxygen atoms in total. The van der Waals surface area contributed by atoms with Crippen LogP contribution in [0.5, 0.6) is 5.75 Å². The number of methoxy groups -OCH3 is 1. The van der Waals surface area contributed by atoms with Gasteiger partial charge in [-0.1, -0.05) is 30.3 Å². The number of nitrogens with zero attached hydrogens (tertiary/aromatic N) is 1. The molecule has 1 atom stereocenters. The molecule has 146 valence electrons. The van der Waals surface area contributed by atoms with E-state index in [0.717, 1.165) is 16.5 Å². The number of benzene rings is 2. The second-order valence-corrected chi connectivity index (χ2v) is 9.62. The van der Waals surface area contributed by atoms with E-state index in [-0.39, 0.29) is 10.1 Å². The molecule has 1 saturated heterocycles. The van der Waals surface area contributed by atoms with E-state index >= 15 is 0 Å². The van der Waals surface area contributed by atoms with Gasteiger partial charge >= 0.3 is 0 Å². The maximum Gasteiger partial charge on any atom is 0.253 e. The van der Waals surface area contributed by atoms with Gasteiger partial charge in [0.05, 0.1) is 7.11 Å². The minimum absolute atomic E-state index is 0.266. The van der Waals surface area contributed by atoms with E-state index in [0.29, 0.717) is 25.1 Å². The molecule has 0 bridgehead atoms. The van der Waals surface area contributed by atoms with Crippen LogP contribution in [0.1, 0.15) is 12.8 Å². The van der Waals surface area contributed by atoms with E-state index in [2.05, 4.69) is 5.32 Å². The van der Waals surface area contributed by atoms with Gasteiger partial charge in [0.15, 0.2) is 0 Å². The van der Waals surface area contributed by atoms with Crippen molar-refractivity contribution in [1.29, 1.82) is 0 Å². The van der Waals surface area contributed by atoms with Crippen molar-refractivity contribution in [2.24, 2.45) is 0 Å². The highest BCUT2D eigenvalue weighted by atomic mass is 32.2. The standard InChI is InChI=1S/C20H20N2O4S2/c1-26-18-11-10-16(14-6-2-3-7-15(14)18)21-20(23)17-8-4-12-22(17)28(24,25)19-9-5-13-27-19/h2-3,5-7,9-11,13,17H,4,8,12H2,1H3,(H,21,23)/t17-/m1/s1. The van der Waals surface area contributed by atoms with Crippen LogP contribution in [0, 0.1) is 0 Å². The second kappa shape index (κ2) is 7.54. The topological polar surface area (TPSA) is 75.7 Å². The van der Waals surface area contributed by atoms with Crippen molar-refractivity contribution in [2.75, 3.05) is 19.0 Å². The fraction of sp³-hybridized carbons (Fsp3) is 0.250. The normalized spacial score (nSPS) is 17.7. The highest BCUT2D eigenvalue weighted by Gasteiger charge is 2.40. The average Bonchev–Trinajstić information content (AvgIpc) is 3.40. The lowest BCUT2D eigenvalue weighted by atomic mass is 10.1. The first-order valence-electron chi connectivity index (χ1n) is 8.94. The number of rotatable bonds is 5. The third-order valence-corrected chi connectivity index (χ3v) is 8.21. The molecule has 1 fully saturated rings. The summed E-state index contributed by atoms with van der Waals surface area (Å²) < 4.78 is 32.8. The Hall–Kier alpha value is -2.42. The van der Waals surface area contributed by atoms with Gasteiger partial charge in [0.2, 0.25) is 5.91 Å². The maximum atomic E-state index is 13.0. The van der Waals surface area contributed by atoms with Crippen LogP contribution in [0.25, 0.3) is 10.8 Å². The summed E-state index contributed by atoms with van der Waals surface area (Å²) >= 11 is 1.17. The Kier molecular flexibility index (Phi) is 5.09. The monoisotopic (exact) mass is 416 g/mol. The fourth-order valence-electron chi connectivity index (χ4n) is 3.59. The summed E-state index contributed by atoms with van der Waals surface area (Å²) in [5.74, 6) is 0.407. The second-order valence-electron chi connectivity index (χ2n) is 6.56. The third kappa shape index (κ3) is 3.28. The number of fused-ring (bicyclic) bond motifs is 1. The number of hydrogen-bond acceptors (Lipinski definition) is 5. The summed E-state index contributed by atoms with van der Waals surface area (Å²) in [7, 11) is -2.06.